The van der Waals surface area contributed by atoms with Crippen molar-refractivity contribution in [1.82, 2.24) is 9.80 Å². The topological polar surface area (TPSA) is 43.8 Å². The van der Waals surface area contributed by atoms with Crippen molar-refractivity contribution >= 4 is 17.2 Å². The van der Waals surface area contributed by atoms with Gasteiger partial charge in [0.05, 0.1) is 9.75 Å². The van der Waals surface area contributed by atoms with E-state index in [1.54, 1.807) is 0 Å². The Labute approximate surface area is 117 Å². The van der Waals surface area contributed by atoms with E-state index in [1.165, 1.54) is 11.3 Å². The largest absolute Gasteiger partial charge is 0.384 e. The van der Waals surface area contributed by atoms with Gasteiger partial charge in [-0.05, 0) is 32.6 Å². The van der Waals surface area contributed by atoms with Gasteiger partial charge in [-0.25, -0.2) is 0 Å². The van der Waals surface area contributed by atoms with Crippen LogP contribution in [0.3, 0.4) is 0 Å². The van der Waals surface area contributed by atoms with E-state index in [0.29, 0.717) is 6.04 Å². The van der Waals surface area contributed by atoms with Crippen LogP contribution < -0.4 is 0 Å². The summed E-state index contributed by atoms with van der Waals surface area (Å²) in [6, 6.07) is 4.11. The maximum atomic E-state index is 12.3. The quantitative estimate of drug-likeness (QED) is 0.816. The molecule has 0 saturated carbocycles. The van der Waals surface area contributed by atoms with Crippen LogP contribution in [0, 0.1) is 11.8 Å². The second-order valence-corrected chi connectivity index (χ2v) is 5.86. The van der Waals surface area contributed by atoms with Gasteiger partial charge in [-0.15, -0.1) is 11.3 Å². The van der Waals surface area contributed by atoms with Crippen LogP contribution in [-0.2, 0) is 0 Å². The van der Waals surface area contributed by atoms with Gasteiger partial charge in [0.15, 0.2) is 0 Å². The average molecular weight is 278 g/mol. The second kappa shape index (κ2) is 6.20. The number of carbonyl (C=O) groups is 1. The predicted molar refractivity (Wildman–Crippen MR) is 76.3 cm³/mol. The summed E-state index contributed by atoms with van der Waals surface area (Å²) in [5, 5.41) is 8.65. The first-order chi connectivity index (χ1) is 9.11. The number of nitrogens with zero attached hydrogens (tertiary/aromatic N) is 2. The van der Waals surface area contributed by atoms with Gasteiger partial charge in [0.1, 0.15) is 6.61 Å². The summed E-state index contributed by atoms with van der Waals surface area (Å²) < 4.78 is 0. The molecule has 19 heavy (non-hydrogen) atoms. The molecule has 5 heteroatoms. The molecule has 102 valence electrons. The van der Waals surface area contributed by atoms with Crippen molar-refractivity contribution < 1.29 is 9.90 Å². The molecule has 0 aliphatic carbocycles. The molecule has 2 heterocycles. The number of carbonyl (C=O) groups excluding carboxylic acids is 1. The van der Waals surface area contributed by atoms with Crippen molar-refractivity contribution in [2.24, 2.45) is 0 Å². The van der Waals surface area contributed by atoms with E-state index in [9.17, 15) is 4.79 Å². The Morgan fingerprint density at radius 1 is 1.58 bits per heavy atom. The summed E-state index contributed by atoms with van der Waals surface area (Å²) in [5.74, 6) is 5.51. The van der Waals surface area contributed by atoms with Gasteiger partial charge in [-0.3, -0.25) is 4.79 Å². The minimum atomic E-state index is -0.155. The van der Waals surface area contributed by atoms with Crippen LogP contribution in [0.25, 0.3) is 0 Å². The molecular formula is C14H18N2O2S. The number of aliphatic hydroxyl groups excluding tert-OH is 1. The van der Waals surface area contributed by atoms with Crippen molar-refractivity contribution in [3.05, 3.63) is 21.9 Å². The van der Waals surface area contributed by atoms with Crippen LogP contribution in [0.4, 0.5) is 0 Å². The molecule has 4 nitrogen and oxygen atoms in total. The predicted octanol–water partition coefficient (Wildman–Crippen LogP) is 0.868. The van der Waals surface area contributed by atoms with Crippen molar-refractivity contribution in [2.45, 2.75) is 12.5 Å². The monoisotopic (exact) mass is 278 g/mol. The fraction of sp³-hybridized carbons (Fsp3) is 0.500. The number of hydrogen-bond acceptors (Lipinski definition) is 4. The van der Waals surface area contributed by atoms with Crippen LogP contribution in [0.15, 0.2) is 12.1 Å². The molecule has 1 aliphatic rings. The fourth-order valence-electron chi connectivity index (χ4n) is 2.15. The third-order valence-corrected chi connectivity index (χ3v) is 4.28. The minimum Gasteiger partial charge on any atom is -0.384 e. The highest BCUT2D eigenvalue weighted by Crippen LogP contribution is 2.21. The lowest BCUT2D eigenvalue weighted by Gasteiger charge is -2.19. The molecular weight excluding hydrogens is 260 g/mol. The summed E-state index contributed by atoms with van der Waals surface area (Å²) in [6.45, 7) is 1.45. The van der Waals surface area contributed by atoms with Crippen LogP contribution in [0.5, 0.6) is 0 Å². The molecule has 1 unspecified atom stereocenters. The van der Waals surface area contributed by atoms with Crippen molar-refractivity contribution in [1.29, 1.82) is 0 Å². The van der Waals surface area contributed by atoms with Gasteiger partial charge >= 0.3 is 0 Å². The normalized spacial score (nSPS) is 18.5. The van der Waals surface area contributed by atoms with Gasteiger partial charge < -0.3 is 14.9 Å². The first-order valence-corrected chi connectivity index (χ1v) is 7.08. The Kier molecular flexibility index (Phi) is 4.59. The fourth-order valence-corrected chi connectivity index (χ4v) is 3.00. The zero-order valence-corrected chi connectivity index (χ0v) is 12.0. The highest BCUT2D eigenvalue weighted by atomic mass is 32.1. The Morgan fingerprint density at radius 3 is 3.00 bits per heavy atom. The molecule has 1 amide bonds. The van der Waals surface area contributed by atoms with Crippen molar-refractivity contribution in [3.8, 4) is 11.8 Å². The SMILES string of the molecule is CN(C)C1CCN(C(=O)c2ccc(C#CCO)s2)C1. The van der Waals surface area contributed by atoms with Crippen molar-refractivity contribution in [3.63, 3.8) is 0 Å². The molecule has 1 N–H and O–H groups in total. The van der Waals surface area contributed by atoms with Crippen LogP contribution in [0.2, 0.25) is 0 Å². The van der Waals surface area contributed by atoms with E-state index in [-0.39, 0.29) is 12.5 Å². The summed E-state index contributed by atoms with van der Waals surface area (Å²) >= 11 is 1.39. The molecule has 0 spiro atoms. The summed E-state index contributed by atoms with van der Waals surface area (Å²) in [5.41, 5.74) is 0. The summed E-state index contributed by atoms with van der Waals surface area (Å²) in [6.07, 6.45) is 1.03. The third kappa shape index (κ3) is 3.35. The van der Waals surface area contributed by atoms with Crippen LogP contribution in [-0.4, -0.2) is 60.6 Å². The Bertz CT molecular complexity index is 513. The van der Waals surface area contributed by atoms with Crippen molar-refractivity contribution in [2.75, 3.05) is 33.8 Å². The molecule has 0 aromatic carbocycles. The Hall–Kier alpha value is -1.35. The Morgan fingerprint density at radius 2 is 2.37 bits per heavy atom. The number of likely N-dealkylation sites (N-methyl/N-ethyl adjacent to an activating group) is 1. The molecule has 2 rings (SSSR count). The van der Waals surface area contributed by atoms with Gasteiger partial charge in [0.2, 0.25) is 0 Å². The van der Waals surface area contributed by atoms with Crippen LogP contribution >= 0.6 is 11.3 Å². The minimum absolute atomic E-state index is 0.0893. The van der Waals surface area contributed by atoms with Gasteiger partial charge in [-0.2, -0.15) is 0 Å². The first kappa shape index (κ1) is 14.1. The number of likely N-dealkylation sites (tertiary alicyclic amines) is 1. The average Bonchev–Trinajstić information content (AvgIpc) is 3.04. The number of aliphatic hydroxyl groups is 1. The first-order valence-electron chi connectivity index (χ1n) is 6.27. The van der Waals surface area contributed by atoms with E-state index in [2.05, 4.69) is 16.7 Å². The zero-order valence-electron chi connectivity index (χ0n) is 11.2. The molecule has 0 radical (unpaired) electrons. The van der Waals surface area contributed by atoms with E-state index in [4.69, 9.17) is 5.11 Å². The highest BCUT2D eigenvalue weighted by Gasteiger charge is 2.28. The molecule has 1 saturated heterocycles. The molecule has 1 aromatic rings. The number of rotatable bonds is 2. The third-order valence-electron chi connectivity index (χ3n) is 3.29. The molecule has 1 aliphatic heterocycles. The maximum absolute atomic E-state index is 12.3. The lowest BCUT2D eigenvalue weighted by Crippen LogP contribution is -2.34. The number of amides is 1. The maximum Gasteiger partial charge on any atom is 0.264 e. The number of thiophene rings is 1. The Balaban J connectivity index is 2.02. The lowest BCUT2D eigenvalue weighted by molar-refractivity contribution is 0.0788. The van der Waals surface area contributed by atoms with E-state index in [0.717, 1.165) is 29.3 Å². The smallest absolute Gasteiger partial charge is 0.264 e. The van der Waals surface area contributed by atoms with Gasteiger partial charge in [0.25, 0.3) is 5.91 Å². The standard InChI is InChI=1S/C14H18N2O2S/c1-15(2)11-7-8-16(10-11)14(18)13-6-5-12(19-13)4-3-9-17/h5-6,11,17H,7-10H2,1-2H3. The zero-order chi connectivity index (χ0) is 13.8. The van der Waals surface area contributed by atoms with E-state index >= 15 is 0 Å². The lowest BCUT2D eigenvalue weighted by atomic mass is 10.2. The highest BCUT2D eigenvalue weighted by molar-refractivity contribution is 7.14. The van der Waals surface area contributed by atoms with E-state index in [1.807, 2.05) is 31.1 Å². The summed E-state index contributed by atoms with van der Waals surface area (Å²) in [4.78, 5) is 17.9. The second-order valence-electron chi connectivity index (χ2n) is 4.78. The van der Waals surface area contributed by atoms with Gasteiger partial charge in [0, 0.05) is 19.1 Å². The number of hydrogen-bond donors (Lipinski definition) is 1. The molecule has 1 fully saturated rings. The molecule has 0 bridgehead atoms. The summed E-state index contributed by atoms with van der Waals surface area (Å²) in [7, 11) is 4.10. The van der Waals surface area contributed by atoms with Crippen LogP contribution in [0.1, 0.15) is 21.0 Å². The molecule has 1 aromatic heterocycles. The van der Waals surface area contributed by atoms with Gasteiger partial charge in [-0.1, -0.05) is 11.8 Å². The molecule has 1 atom stereocenters. The van der Waals surface area contributed by atoms with E-state index < -0.39 is 0 Å².